The number of carbonyl (C=O) groups excluding carboxylic acids is 2. The third-order valence-electron chi connectivity index (χ3n) is 3.73. The maximum absolute atomic E-state index is 11.8. The van der Waals surface area contributed by atoms with E-state index in [9.17, 15) is 9.59 Å². The van der Waals surface area contributed by atoms with Crippen LogP contribution in [0.25, 0.3) is 0 Å². The zero-order valence-corrected chi connectivity index (χ0v) is 15.4. The molecule has 2 aromatic rings. The molecule has 0 aliphatic heterocycles. The third-order valence-corrected chi connectivity index (χ3v) is 3.73. The summed E-state index contributed by atoms with van der Waals surface area (Å²) in [6.45, 7) is 0.473. The second-order valence-corrected chi connectivity index (χ2v) is 5.64. The Morgan fingerprint density at radius 3 is 2.48 bits per heavy atom. The fourth-order valence-electron chi connectivity index (χ4n) is 2.43. The molecule has 7 heteroatoms. The van der Waals surface area contributed by atoms with Crippen LogP contribution < -0.4 is 20.2 Å². The lowest BCUT2D eigenvalue weighted by atomic mass is 10.1. The van der Waals surface area contributed by atoms with Crippen molar-refractivity contribution in [3.8, 4) is 11.5 Å². The van der Waals surface area contributed by atoms with Crippen molar-refractivity contribution in [1.29, 1.82) is 0 Å². The van der Waals surface area contributed by atoms with E-state index in [2.05, 4.69) is 15.8 Å². The molecule has 0 bridgehead atoms. The second-order valence-electron chi connectivity index (χ2n) is 5.64. The lowest BCUT2D eigenvalue weighted by Gasteiger charge is -2.09. The van der Waals surface area contributed by atoms with E-state index in [0.29, 0.717) is 30.0 Å². The first-order valence-electron chi connectivity index (χ1n) is 8.47. The predicted octanol–water partition coefficient (Wildman–Crippen LogP) is 1.90. The van der Waals surface area contributed by atoms with Gasteiger partial charge in [0.2, 0.25) is 11.8 Å². The highest BCUT2D eigenvalue weighted by molar-refractivity contribution is 5.97. The summed E-state index contributed by atoms with van der Waals surface area (Å²) in [5.41, 5.74) is 4.10. The molecule has 142 valence electrons. The Morgan fingerprint density at radius 1 is 1.00 bits per heavy atom. The van der Waals surface area contributed by atoms with Crippen LogP contribution in [-0.4, -0.2) is 38.8 Å². The summed E-state index contributed by atoms with van der Waals surface area (Å²) in [6, 6.07) is 15.1. The number of benzene rings is 2. The Morgan fingerprint density at radius 2 is 1.78 bits per heavy atom. The summed E-state index contributed by atoms with van der Waals surface area (Å²) in [5, 5.41) is 6.58. The highest BCUT2D eigenvalue weighted by Gasteiger charge is 2.09. The number of methoxy groups -OCH3 is 2. The van der Waals surface area contributed by atoms with Crippen LogP contribution >= 0.6 is 0 Å². The molecule has 0 saturated heterocycles. The number of hydrogen-bond donors (Lipinski definition) is 2. The van der Waals surface area contributed by atoms with Gasteiger partial charge in [0.25, 0.3) is 0 Å². The highest BCUT2D eigenvalue weighted by atomic mass is 16.5. The van der Waals surface area contributed by atoms with Gasteiger partial charge in [-0.05, 0) is 24.1 Å². The van der Waals surface area contributed by atoms with Gasteiger partial charge >= 0.3 is 0 Å². The zero-order chi connectivity index (χ0) is 19.5. The van der Waals surface area contributed by atoms with E-state index in [1.54, 1.807) is 18.2 Å². The summed E-state index contributed by atoms with van der Waals surface area (Å²) in [7, 11) is 3.06. The van der Waals surface area contributed by atoms with E-state index in [1.807, 2.05) is 30.3 Å². The van der Waals surface area contributed by atoms with E-state index in [1.165, 1.54) is 20.4 Å². The zero-order valence-electron chi connectivity index (χ0n) is 15.4. The van der Waals surface area contributed by atoms with Gasteiger partial charge in [0.1, 0.15) is 6.42 Å². The van der Waals surface area contributed by atoms with Crippen molar-refractivity contribution in [3.63, 3.8) is 0 Å². The van der Waals surface area contributed by atoms with Gasteiger partial charge in [-0.1, -0.05) is 36.4 Å². The normalized spacial score (nSPS) is 10.4. The van der Waals surface area contributed by atoms with Gasteiger partial charge < -0.3 is 14.8 Å². The molecule has 0 unspecified atom stereocenters. The molecule has 0 aromatic heterocycles. The Labute approximate surface area is 158 Å². The fourth-order valence-corrected chi connectivity index (χ4v) is 2.43. The maximum atomic E-state index is 11.8. The molecule has 2 N–H and O–H groups in total. The number of hydrogen-bond acceptors (Lipinski definition) is 5. The molecule has 2 rings (SSSR count). The van der Waals surface area contributed by atoms with Crippen molar-refractivity contribution in [3.05, 3.63) is 59.7 Å². The summed E-state index contributed by atoms with van der Waals surface area (Å²) >= 11 is 0. The number of nitrogens with zero attached hydrogens (tertiary/aromatic N) is 1. The lowest BCUT2D eigenvalue weighted by Crippen LogP contribution is -2.31. The first-order chi connectivity index (χ1) is 13.1. The number of amides is 2. The van der Waals surface area contributed by atoms with Crippen molar-refractivity contribution in [2.45, 2.75) is 12.8 Å². The quantitative estimate of drug-likeness (QED) is 0.401. The van der Waals surface area contributed by atoms with Gasteiger partial charge in [-0.25, -0.2) is 5.43 Å². The molecule has 0 fully saturated rings. The number of rotatable bonds is 9. The van der Waals surface area contributed by atoms with Crippen LogP contribution in [-0.2, 0) is 16.0 Å². The highest BCUT2D eigenvalue weighted by Crippen LogP contribution is 2.29. The molecule has 0 heterocycles. The average Bonchev–Trinajstić information content (AvgIpc) is 2.68. The van der Waals surface area contributed by atoms with Crippen LogP contribution in [0.5, 0.6) is 11.5 Å². The maximum Gasteiger partial charge on any atom is 0.249 e. The largest absolute Gasteiger partial charge is 0.493 e. The molecular weight excluding hydrogens is 346 g/mol. The Kier molecular flexibility index (Phi) is 7.84. The second kappa shape index (κ2) is 10.6. The summed E-state index contributed by atoms with van der Waals surface area (Å²) in [4.78, 5) is 23.6. The van der Waals surface area contributed by atoms with Crippen LogP contribution in [0, 0.1) is 0 Å². The molecule has 2 aromatic carbocycles. The van der Waals surface area contributed by atoms with E-state index >= 15 is 0 Å². The standard InChI is InChI=1S/C20H23N3O4/c1-26-17-10-6-9-16(20(17)27-2)14-22-23-19(25)13-18(24)21-12-11-15-7-4-3-5-8-15/h3-10,14H,11-13H2,1-2H3,(H,21,24)(H,23,25). The van der Waals surface area contributed by atoms with Gasteiger partial charge in [0, 0.05) is 12.1 Å². The van der Waals surface area contributed by atoms with E-state index < -0.39 is 5.91 Å². The van der Waals surface area contributed by atoms with Crippen LogP contribution in [0.1, 0.15) is 17.5 Å². The van der Waals surface area contributed by atoms with Crippen molar-refractivity contribution >= 4 is 18.0 Å². The van der Waals surface area contributed by atoms with Crippen LogP contribution in [0.2, 0.25) is 0 Å². The predicted molar refractivity (Wildman–Crippen MR) is 103 cm³/mol. The number of hydrazone groups is 1. The monoisotopic (exact) mass is 369 g/mol. The molecule has 0 aliphatic carbocycles. The average molecular weight is 369 g/mol. The molecule has 7 nitrogen and oxygen atoms in total. The number of carbonyl (C=O) groups is 2. The van der Waals surface area contributed by atoms with E-state index in [-0.39, 0.29) is 12.3 Å². The van der Waals surface area contributed by atoms with Crippen molar-refractivity contribution in [2.75, 3.05) is 20.8 Å². The van der Waals surface area contributed by atoms with E-state index in [4.69, 9.17) is 9.47 Å². The number of nitrogens with one attached hydrogen (secondary N) is 2. The molecule has 2 amide bonds. The fraction of sp³-hybridized carbons (Fsp3) is 0.250. The van der Waals surface area contributed by atoms with Gasteiger partial charge in [-0.3, -0.25) is 9.59 Å². The van der Waals surface area contributed by atoms with Gasteiger partial charge in [-0.2, -0.15) is 5.10 Å². The molecular formula is C20H23N3O4. The Balaban J connectivity index is 1.77. The number of ether oxygens (including phenoxy) is 2. The van der Waals surface area contributed by atoms with Crippen LogP contribution in [0.15, 0.2) is 53.6 Å². The Hall–Kier alpha value is -3.35. The first kappa shape index (κ1) is 20.0. The minimum Gasteiger partial charge on any atom is -0.493 e. The lowest BCUT2D eigenvalue weighted by molar-refractivity contribution is -0.129. The van der Waals surface area contributed by atoms with Gasteiger partial charge in [0.05, 0.1) is 20.4 Å². The third kappa shape index (κ3) is 6.47. The summed E-state index contributed by atoms with van der Waals surface area (Å²) in [5.74, 6) is 0.227. The van der Waals surface area contributed by atoms with Crippen molar-refractivity contribution in [1.82, 2.24) is 10.7 Å². The molecule has 0 saturated carbocycles. The topological polar surface area (TPSA) is 89.0 Å². The van der Waals surface area contributed by atoms with Crippen LogP contribution in [0.4, 0.5) is 0 Å². The smallest absolute Gasteiger partial charge is 0.249 e. The molecule has 0 radical (unpaired) electrons. The van der Waals surface area contributed by atoms with Gasteiger partial charge in [-0.15, -0.1) is 0 Å². The Bertz CT molecular complexity index is 791. The van der Waals surface area contributed by atoms with Crippen molar-refractivity contribution < 1.29 is 19.1 Å². The van der Waals surface area contributed by atoms with Crippen molar-refractivity contribution in [2.24, 2.45) is 5.10 Å². The molecule has 27 heavy (non-hydrogen) atoms. The SMILES string of the molecule is COc1cccc(C=NNC(=O)CC(=O)NCCc2ccccc2)c1OC. The molecule has 0 aliphatic rings. The molecule has 0 spiro atoms. The summed E-state index contributed by atoms with van der Waals surface area (Å²) < 4.78 is 10.5. The van der Waals surface area contributed by atoms with Gasteiger partial charge in [0.15, 0.2) is 11.5 Å². The van der Waals surface area contributed by atoms with E-state index in [0.717, 1.165) is 5.56 Å². The minimum atomic E-state index is -0.495. The summed E-state index contributed by atoms with van der Waals surface area (Å²) in [6.07, 6.45) is 1.86. The number of para-hydroxylation sites is 1. The first-order valence-corrected chi connectivity index (χ1v) is 8.47. The van der Waals surface area contributed by atoms with Crippen LogP contribution in [0.3, 0.4) is 0 Å². The minimum absolute atomic E-state index is 0.290. The molecule has 0 atom stereocenters.